The van der Waals surface area contributed by atoms with Gasteiger partial charge in [0.2, 0.25) is 0 Å². The number of alkyl halides is 1. The average molecular weight is 147 g/mol. The van der Waals surface area contributed by atoms with Gasteiger partial charge in [0.05, 0.1) is 17.4 Å². The number of fused-ring (bicyclic) bond motifs is 1. The van der Waals surface area contributed by atoms with Gasteiger partial charge in [-0.2, -0.15) is 0 Å². The molecule has 0 atom stereocenters. The van der Waals surface area contributed by atoms with Crippen molar-refractivity contribution in [1.82, 2.24) is 0 Å². The van der Waals surface area contributed by atoms with Gasteiger partial charge in [-0.05, 0) is 12.8 Å². The number of hydrogen-bond acceptors (Lipinski definition) is 2. The molecule has 0 aliphatic heterocycles. The Kier molecular flexibility index (Phi) is 0.692. The molecule has 0 unspecified atom stereocenters. The predicted molar refractivity (Wildman–Crippen MR) is 32.3 cm³/mol. The largest absolute Gasteiger partial charge is 0.469 e. The topological polar surface area (TPSA) is 26.3 Å². The van der Waals surface area contributed by atoms with Crippen LogP contribution in [0.4, 0.5) is 0 Å². The molecule has 2 saturated carbocycles. The van der Waals surface area contributed by atoms with E-state index < -0.39 is 0 Å². The van der Waals surface area contributed by atoms with Crippen LogP contribution in [0.3, 0.4) is 0 Å². The minimum atomic E-state index is -0.233. The summed E-state index contributed by atoms with van der Waals surface area (Å²) in [6, 6.07) is 0. The summed E-state index contributed by atoms with van der Waals surface area (Å²) >= 11 is 5.84. The monoisotopic (exact) mass is 146 g/mol. The van der Waals surface area contributed by atoms with E-state index in [2.05, 4.69) is 4.74 Å². The van der Waals surface area contributed by atoms with Gasteiger partial charge in [0.15, 0.2) is 0 Å². The third-order valence-corrected chi connectivity index (χ3v) is 2.98. The number of hydrogen-bond donors (Lipinski definition) is 0. The van der Waals surface area contributed by atoms with Crippen LogP contribution in [-0.2, 0) is 9.53 Å². The molecule has 0 saturated heterocycles. The number of carbonyl (C=O) groups excluding carboxylic acids is 1. The van der Waals surface area contributed by atoms with Gasteiger partial charge in [0.25, 0.3) is 0 Å². The number of ether oxygens (including phenoxy) is 1. The highest BCUT2D eigenvalue weighted by molar-refractivity contribution is 6.33. The molecule has 2 aliphatic rings. The zero-order valence-corrected chi connectivity index (χ0v) is 5.86. The maximum Gasteiger partial charge on any atom is 0.313 e. The van der Waals surface area contributed by atoms with Crippen molar-refractivity contribution < 1.29 is 9.53 Å². The van der Waals surface area contributed by atoms with Crippen molar-refractivity contribution in [3.8, 4) is 0 Å². The smallest absolute Gasteiger partial charge is 0.313 e. The fourth-order valence-corrected chi connectivity index (χ4v) is 1.87. The van der Waals surface area contributed by atoms with Gasteiger partial charge in [-0.15, -0.1) is 11.6 Å². The van der Waals surface area contributed by atoms with Gasteiger partial charge in [0, 0.05) is 0 Å². The molecular weight excluding hydrogens is 140 g/mol. The van der Waals surface area contributed by atoms with Crippen molar-refractivity contribution in [1.29, 1.82) is 0 Å². The Morgan fingerprint density at radius 2 is 2.11 bits per heavy atom. The highest BCUT2D eigenvalue weighted by Gasteiger charge is 2.88. The maximum atomic E-state index is 10.8. The van der Waals surface area contributed by atoms with Gasteiger partial charge in [-0.3, -0.25) is 4.79 Å². The predicted octanol–water partition coefficient (Wildman–Crippen LogP) is 0.931. The zero-order valence-electron chi connectivity index (χ0n) is 5.11. The fourth-order valence-electron chi connectivity index (χ4n) is 1.34. The van der Waals surface area contributed by atoms with Crippen LogP contribution in [0.15, 0.2) is 0 Å². The molecule has 50 valence electrons. The second-order valence-electron chi connectivity index (χ2n) is 2.89. The van der Waals surface area contributed by atoms with Crippen molar-refractivity contribution in [3.05, 3.63) is 0 Å². The summed E-state index contributed by atoms with van der Waals surface area (Å²) in [6.45, 7) is 0. The molecular formula is C6H7ClO2. The minimum Gasteiger partial charge on any atom is -0.469 e. The molecule has 0 radical (unpaired) electrons. The van der Waals surface area contributed by atoms with Crippen molar-refractivity contribution in [2.45, 2.75) is 17.7 Å². The van der Waals surface area contributed by atoms with E-state index in [9.17, 15) is 4.79 Å². The molecule has 2 nitrogen and oxygen atoms in total. The van der Waals surface area contributed by atoms with Crippen LogP contribution in [0.5, 0.6) is 0 Å². The summed E-state index contributed by atoms with van der Waals surface area (Å²) < 4.78 is 4.56. The SMILES string of the molecule is COC(=O)C12CC1(Cl)C2. The molecule has 9 heavy (non-hydrogen) atoms. The van der Waals surface area contributed by atoms with E-state index in [0.717, 1.165) is 12.8 Å². The normalized spacial score (nSPS) is 51.8. The van der Waals surface area contributed by atoms with E-state index >= 15 is 0 Å². The van der Waals surface area contributed by atoms with Gasteiger partial charge in [-0.1, -0.05) is 0 Å². The lowest BCUT2D eigenvalue weighted by atomic mass is 10.2. The van der Waals surface area contributed by atoms with Crippen LogP contribution in [0, 0.1) is 5.41 Å². The lowest BCUT2D eigenvalue weighted by Gasteiger charge is -1.96. The zero-order chi connectivity index (χ0) is 6.70. The highest BCUT2D eigenvalue weighted by atomic mass is 35.5. The molecule has 0 aromatic rings. The number of halogens is 1. The summed E-state index contributed by atoms with van der Waals surface area (Å²) in [5.74, 6) is -0.127. The Labute approximate surface area is 58.1 Å². The summed E-state index contributed by atoms with van der Waals surface area (Å²) in [5, 5.41) is 0. The second kappa shape index (κ2) is 1.12. The molecule has 0 heterocycles. The van der Waals surface area contributed by atoms with Crippen LogP contribution >= 0.6 is 11.6 Å². The number of methoxy groups -OCH3 is 1. The molecule has 2 rings (SSSR count). The van der Waals surface area contributed by atoms with Crippen molar-refractivity contribution in [3.63, 3.8) is 0 Å². The molecule has 3 heteroatoms. The maximum absolute atomic E-state index is 10.8. The van der Waals surface area contributed by atoms with Crippen LogP contribution in [-0.4, -0.2) is 18.0 Å². The third kappa shape index (κ3) is 0.420. The Morgan fingerprint density at radius 1 is 1.67 bits per heavy atom. The molecule has 2 fully saturated rings. The molecule has 0 aromatic carbocycles. The summed E-state index contributed by atoms with van der Waals surface area (Å²) in [6.07, 6.45) is 1.66. The van der Waals surface area contributed by atoms with Crippen LogP contribution in [0.25, 0.3) is 0 Å². The van der Waals surface area contributed by atoms with Gasteiger partial charge in [0.1, 0.15) is 0 Å². The number of esters is 1. The number of carbonyl (C=O) groups is 1. The van der Waals surface area contributed by atoms with E-state index in [1.165, 1.54) is 7.11 Å². The first-order valence-electron chi connectivity index (χ1n) is 2.92. The van der Waals surface area contributed by atoms with Gasteiger partial charge >= 0.3 is 5.97 Å². The first-order valence-corrected chi connectivity index (χ1v) is 3.30. The lowest BCUT2D eigenvalue weighted by Crippen LogP contribution is -2.08. The highest BCUT2D eigenvalue weighted by Crippen LogP contribution is 2.83. The van der Waals surface area contributed by atoms with E-state index in [4.69, 9.17) is 11.6 Å². The second-order valence-corrected chi connectivity index (χ2v) is 3.62. The van der Waals surface area contributed by atoms with Crippen LogP contribution in [0.1, 0.15) is 12.8 Å². The standard InChI is InChI=1S/C6H7ClO2/c1-9-4(8)5-2-6(5,7)3-5/h2-3H2,1H3. The van der Waals surface area contributed by atoms with E-state index in [1.807, 2.05) is 0 Å². The van der Waals surface area contributed by atoms with E-state index in [0.29, 0.717) is 0 Å². The first kappa shape index (κ1) is 5.54. The quantitative estimate of drug-likeness (QED) is 0.407. The van der Waals surface area contributed by atoms with Crippen molar-refractivity contribution in [2.24, 2.45) is 5.41 Å². The molecule has 2 aliphatic carbocycles. The summed E-state index contributed by atoms with van der Waals surface area (Å²) in [5.41, 5.74) is -0.233. The van der Waals surface area contributed by atoms with Gasteiger partial charge in [-0.25, -0.2) is 0 Å². The summed E-state index contributed by atoms with van der Waals surface area (Å²) in [4.78, 5) is 10.7. The first-order chi connectivity index (χ1) is 4.15. The Hall–Kier alpha value is -0.240. The van der Waals surface area contributed by atoms with E-state index in [-0.39, 0.29) is 16.3 Å². The molecule has 0 N–H and O–H groups in total. The van der Waals surface area contributed by atoms with Crippen LogP contribution in [0.2, 0.25) is 0 Å². The van der Waals surface area contributed by atoms with Crippen molar-refractivity contribution >= 4 is 17.6 Å². The number of rotatable bonds is 1. The Bertz CT molecular complexity index is 181. The summed E-state index contributed by atoms with van der Waals surface area (Å²) in [7, 11) is 1.41. The molecule has 0 amide bonds. The van der Waals surface area contributed by atoms with Crippen molar-refractivity contribution in [2.75, 3.05) is 7.11 Å². The Morgan fingerprint density at radius 3 is 2.22 bits per heavy atom. The third-order valence-electron chi connectivity index (χ3n) is 2.35. The van der Waals surface area contributed by atoms with E-state index in [1.54, 1.807) is 0 Å². The fraction of sp³-hybridized carbons (Fsp3) is 0.833. The molecule has 0 aromatic heterocycles. The lowest BCUT2D eigenvalue weighted by molar-refractivity contribution is -0.144. The van der Waals surface area contributed by atoms with Gasteiger partial charge < -0.3 is 4.74 Å². The Balaban J connectivity index is 2.11. The average Bonchev–Trinajstić information content (AvgIpc) is 2.51. The molecule has 0 bridgehead atoms. The van der Waals surface area contributed by atoms with Crippen LogP contribution < -0.4 is 0 Å². The minimum absolute atomic E-state index is 0.127. The molecule has 0 spiro atoms.